The van der Waals surface area contributed by atoms with Crippen LogP contribution < -0.4 is 5.69 Å². The van der Waals surface area contributed by atoms with Gasteiger partial charge in [0.05, 0.1) is 49.1 Å². The maximum atomic E-state index is 12.9. The highest BCUT2D eigenvalue weighted by molar-refractivity contribution is 5.92. The third kappa shape index (κ3) is 3.77. The van der Waals surface area contributed by atoms with Gasteiger partial charge in [-0.05, 0) is 30.5 Å². The van der Waals surface area contributed by atoms with Crippen LogP contribution in [0.4, 0.5) is 0 Å². The minimum absolute atomic E-state index is 0.132. The molecule has 1 aromatic carbocycles. The van der Waals surface area contributed by atoms with Crippen LogP contribution in [-0.2, 0) is 22.6 Å². The molecule has 0 amide bonds. The number of hydrogen-bond acceptors (Lipinski definition) is 4. The summed E-state index contributed by atoms with van der Waals surface area (Å²) >= 11 is 0. The lowest BCUT2D eigenvalue weighted by Crippen LogP contribution is -2.36. The van der Waals surface area contributed by atoms with E-state index in [1.807, 2.05) is 0 Å². The van der Waals surface area contributed by atoms with Crippen LogP contribution in [0, 0.1) is 5.92 Å². The number of imidazole rings is 1. The van der Waals surface area contributed by atoms with E-state index in [4.69, 9.17) is 9.47 Å². The van der Waals surface area contributed by atoms with E-state index in [0.717, 1.165) is 11.9 Å². The average molecular weight is 348 g/mol. The van der Waals surface area contributed by atoms with E-state index in [0.29, 0.717) is 44.3 Å². The van der Waals surface area contributed by atoms with Crippen molar-refractivity contribution in [1.82, 2.24) is 9.13 Å². The highest BCUT2D eigenvalue weighted by atomic mass is 16.6. The Kier molecular flexibility index (Phi) is 5.24. The number of fused-ring (bicyclic) bond motifs is 1. The van der Waals surface area contributed by atoms with Gasteiger partial charge < -0.3 is 14.6 Å². The van der Waals surface area contributed by atoms with Crippen molar-refractivity contribution in [1.29, 1.82) is 0 Å². The van der Waals surface area contributed by atoms with E-state index >= 15 is 0 Å². The second kappa shape index (κ2) is 7.41. The number of nitrogens with zero attached hydrogens (tertiary/aromatic N) is 2. The van der Waals surface area contributed by atoms with Gasteiger partial charge in [0.25, 0.3) is 0 Å². The Hall–Kier alpha value is -2.12. The van der Waals surface area contributed by atoms with Gasteiger partial charge in [-0.1, -0.05) is 13.8 Å². The standard InChI is InChI=1S/C18H24N2O5/c1-12(2)5-6-19-15-4-3-13(17(21)22)9-16(15)20(18(19)23)10-14-11-24-7-8-25-14/h3-4,9,12,14H,5-8,10-11H2,1-2H3,(H,21,22)/t14-/m1/s1. The minimum atomic E-state index is -1.01. The number of hydrogen-bond donors (Lipinski definition) is 1. The van der Waals surface area contributed by atoms with Gasteiger partial charge in [0.1, 0.15) is 0 Å². The fourth-order valence-corrected chi connectivity index (χ4v) is 3.08. The SMILES string of the molecule is CC(C)CCn1c(=O)n(C[C@@H]2COCCO2)c2cc(C(=O)O)ccc21. The van der Waals surface area contributed by atoms with Crippen LogP contribution in [0.25, 0.3) is 11.0 Å². The summed E-state index contributed by atoms with van der Waals surface area (Å²) in [6.45, 7) is 6.68. The molecule has 2 aromatic rings. The van der Waals surface area contributed by atoms with Crippen LogP contribution in [0.5, 0.6) is 0 Å². The number of benzene rings is 1. The molecule has 1 aliphatic heterocycles. The highest BCUT2D eigenvalue weighted by Gasteiger charge is 2.21. The van der Waals surface area contributed by atoms with Crippen molar-refractivity contribution in [3.8, 4) is 0 Å². The molecule has 3 rings (SSSR count). The largest absolute Gasteiger partial charge is 0.478 e. The summed E-state index contributed by atoms with van der Waals surface area (Å²) in [5.74, 6) is -0.535. The number of carbonyl (C=O) groups is 1. The van der Waals surface area contributed by atoms with Gasteiger partial charge >= 0.3 is 11.7 Å². The summed E-state index contributed by atoms with van der Waals surface area (Å²) < 4.78 is 14.4. The molecule has 7 nitrogen and oxygen atoms in total. The normalized spacial score (nSPS) is 18.1. The van der Waals surface area contributed by atoms with Gasteiger partial charge in [0.15, 0.2) is 0 Å². The van der Waals surface area contributed by atoms with Crippen molar-refractivity contribution in [2.24, 2.45) is 5.92 Å². The molecule has 2 heterocycles. The second-order valence-electron chi connectivity index (χ2n) is 6.80. The van der Waals surface area contributed by atoms with E-state index in [2.05, 4.69) is 13.8 Å². The highest BCUT2D eigenvalue weighted by Crippen LogP contribution is 2.18. The first-order chi connectivity index (χ1) is 12.0. The smallest absolute Gasteiger partial charge is 0.335 e. The first kappa shape index (κ1) is 17.7. The fourth-order valence-electron chi connectivity index (χ4n) is 3.08. The Morgan fingerprint density at radius 3 is 2.72 bits per heavy atom. The molecule has 7 heteroatoms. The van der Waals surface area contributed by atoms with Gasteiger partial charge in [0.2, 0.25) is 0 Å². The Labute approximate surface area is 145 Å². The molecule has 0 spiro atoms. The van der Waals surface area contributed by atoms with Crippen molar-refractivity contribution >= 4 is 17.0 Å². The van der Waals surface area contributed by atoms with Crippen LogP contribution >= 0.6 is 0 Å². The van der Waals surface area contributed by atoms with E-state index in [1.165, 1.54) is 0 Å². The predicted octanol–water partition coefficient (Wildman–Crippen LogP) is 1.96. The van der Waals surface area contributed by atoms with Gasteiger partial charge in [0, 0.05) is 6.54 Å². The van der Waals surface area contributed by atoms with Crippen molar-refractivity contribution in [2.45, 2.75) is 39.5 Å². The first-order valence-corrected chi connectivity index (χ1v) is 8.63. The van der Waals surface area contributed by atoms with E-state index < -0.39 is 5.97 Å². The van der Waals surface area contributed by atoms with Crippen LogP contribution in [0.2, 0.25) is 0 Å². The zero-order chi connectivity index (χ0) is 18.0. The monoisotopic (exact) mass is 348 g/mol. The number of carboxylic acids is 1. The quantitative estimate of drug-likeness (QED) is 0.863. The molecule has 25 heavy (non-hydrogen) atoms. The molecule has 0 bridgehead atoms. The van der Waals surface area contributed by atoms with Crippen molar-refractivity contribution < 1.29 is 19.4 Å². The maximum Gasteiger partial charge on any atom is 0.335 e. The topological polar surface area (TPSA) is 82.7 Å². The number of aromatic carboxylic acids is 1. The summed E-state index contributed by atoms with van der Waals surface area (Å²) in [6, 6.07) is 4.82. The number of ether oxygens (including phenoxy) is 2. The average Bonchev–Trinajstić information content (AvgIpc) is 2.85. The Bertz CT molecular complexity index is 815. The Morgan fingerprint density at radius 2 is 2.08 bits per heavy atom. The lowest BCUT2D eigenvalue weighted by Gasteiger charge is -2.23. The van der Waals surface area contributed by atoms with E-state index in [1.54, 1.807) is 27.3 Å². The first-order valence-electron chi connectivity index (χ1n) is 8.63. The molecule has 0 aliphatic carbocycles. The number of aryl methyl sites for hydroxylation is 1. The number of aromatic nitrogens is 2. The number of carboxylic acid groups (broad SMARTS) is 1. The summed E-state index contributed by atoms with van der Waals surface area (Å²) in [7, 11) is 0. The molecule has 1 N–H and O–H groups in total. The molecule has 0 radical (unpaired) electrons. The zero-order valence-electron chi connectivity index (χ0n) is 14.6. The van der Waals surface area contributed by atoms with E-state index in [-0.39, 0.29) is 17.4 Å². The van der Waals surface area contributed by atoms with Gasteiger partial charge in [-0.2, -0.15) is 0 Å². The second-order valence-corrected chi connectivity index (χ2v) is 6.80. The molecule has 1 fully saturated rings. The molecule has 136 valence electrons. The fraction of sp³-hybridized carbons (Fsp3) is 0.556. The summed E-state index contributed by atoms with van der Waals surface area (Å²) in [4.78, 5) is 24.3. The van der Waals surface area contributed by atoms with Crippen molar-refractivity contribution in [2.75, 3.05) is 19.8 Å². The molecule has 1 saturated heterocycles. The molecule has 1 aromatic heterocycles. The third-order valence-corrected chi connectivity index (χ3v) is 4.47. The van der Waals surface area contributed by atoms with E-state index in [9.17, 15) is 14.7 Å². The lowest BCUT2D eigenvalue weighted by atomic mass is 10.1. The molecule has 1 atom stereocenters. The molecule has 0 saturated carbocycles. The van der Waals surface area contributed by atoms with Gasteiger partial charge in [-0.25, -0.2) is 9.59 Å². The Balaban J connectivity index is 2.04. The van der Waals surface area contributed by atoms with Crippen LogP contribution in [-0.4, -0.2) is 46.1 Å². The molecule has 0 unspecified atom stereocenters. The number of rotatable bonds is 6. The minimum Gasteiger partial charge on any atom is -0.478 e. The third-order valence-electron chi connectivity index (χ3n) is 4.47. The Morgan fingerprint density at radius 1 is 1.28 bits per heavy atom. The lowest BCUT2D eigenvalue weighted by molar-refractivity contribution is -0.0935. The van der Waals surface area contributed by atoms with Gasteiger partial charge in [-0.15, -0.1) is 0 Å². The molecular weight excluding hydrogens is 324 g/mol. The van der Waals surface area contributed by atoms with Gasteiger partial charge in [-0.3, -0.25) is 9.13 Å². The zero-order valence-corrected chi connectivity index (χ0v) is 14.6. The van der Waals surface area contributed by atoms with Crippen LogP contribution in [0.15, 0.2) is 23.0 Å². The van der Waals surface area contributed by atoms with Crippen molar-refractivity contribution in [3.63, 3.8) is 0 Å². The van der Waals surface area contributed by atoms with Crippen LogP contribution in [0.3, 0.4) is 0 Å². The van der Waals surface area contributed by atoms with Crippen LogP contribution in [0.1, 0.15) is 30.6 Å². The molecule has 1 aliphatic rings. The van der Waals surface area contributed by atoms with Crippen molar-refractivity contribution in [3.05, 3.63) is 34.2 Å². The molecular formula is C18H24N2O5. The summed E-state index contributed by atoms with van der Waals surface area (Å²) in [5, 5.41) is 9.27. The summed E-state index contributed by atoms with van der Waals surface area (Å²) in [6.07, 6.45) is 0.673. The predicted molar refractivity (Wildman–Crippen MR) is 93.2 cm³/mol. The maximum absolute atomic E-state index is 12.9. The summed E-state index contributed by atoms with van der Waals surface area (Å²) in [5.41, 5.74) is 1.42.